The quantitative estimate of drug-likeness (QED) is 0.869. The number of aryl methyl sites for hydroxylation is 1. The van der Waals surface area contributed by atoms with Crippen molar-refractivity contribution < 1.29 is 4.74 Å². The van der Waals surface area contributed by atoms with Crippen LogP contribution in [0.25, 0.3) is 0 Å². The Morgan fingerprint density at radius 3 is 2.72 bits per heavy atom. The van der Waals surface area contributed by atoms with Gasteiger partial charge in [0, 0.05) is 43.6 Å². The number of hydrogen-bond acceptors (Lipinski definition) is 5. The molecule has 0 radical (unpaired) electrons. The summed E-state index contributed by atoms with van der Waals surface area (Å²) < 4.78 is 5.38. The summed E-state index contributed by atoms with van der Waals surface area (Å²) in [6.45, 7) is 4.07. The number of benzene rings is 1. The maximum absolute atomic E-state index is 5.38. The maximum atomic E-state index is 5.38. The fourth-order valence-electron chi connectivity index (χ4n) is 3.74. The van der Waals surface area contributed by atoms with E-state index in [4.69, 9.17) is 4.74 Å². The van der Waals surface area contributed by atoms with E-state index in [9.17, 15) is 0 Å². The number of hydrogen-bond donors (Lipinski definition) is 1. The van der Waals surface area contributed by atoms with Crippen molar-refractivity contribution in [2.24, 2.45) is 0 Å². The number of morpholine rings is 1. The van der Waals surface area contributed by atoms with Crippen molar-refractivity contribution in [2.75, 3.05) is 31.2 Å². The van der Waals surface area contributed by atoms with Gasteiger partial charge in [0.05, 0.1) is 13.2 Å². The van der Waals surface area contributed by atoms with Gasteiger partial charge in [-0.1, -0.05) is 30.7 Å². The number of anilines is 1. The Morgan fingerprint density at radius 2 is 1.88 bits per heavy atom. The minimum atomic E-state index is 0.428. The van der Waals surface area contributed by atoms with Gasteiger partial charge in [0.15, 0.2) is 0 Å². The fourth-order valence-corrected chi connectivity index (χ4v) is 3.74. The average Bonchev–Trinajstić information content (AvgIpc) is 2.90. The molecule has 0 spiro atoms. The highest BCUT2D eigenvalue weighted by Gasteiger charge is 2.18. The predicted molar refractivity (Wildman–Crippen MR) is 98.6 cm³/mol. The van der Waals surface area contributed by atoms with Crippen LogP contribution in [0.5, 0.6) is 0 Å². The zero-order chi connectivity index (χ0) is 16.9. The van der Waals surface area contributed by atoms with E-state index in [1.54, 1.807) is 0 Å². The van der Waals surface area contributed by atoms with Crippen LogP contribution in [0.1, 0.15) is 42.0 Å². The molecular formula is C20H26N4O. The monoisotopic (exact) mass is 338 g/mol. The first kappa shape index (κ1) is 16.5. The van der Waals surface area contributed by atoms with Crippen molar-refractivity contribution in [1.82, 2.24) is 15.3 Å². The number of aromatic nitrogens is 2. The molecule has 1 saturated heterocycles. The van der Waals surface area contributed by atoms with Crippen LogP contribution >= 0.6 is 0 Å². The molecular weight excluding hydrogens is 312 g/mol. The Bertz CT molecular complexity index is 682. The molecule has 1 aliphatic carbocycles. The van der Waals surface area contributed by atoms with E-state index in [2.05, 4.69) is 44.5 Å². The van der Waals surface area contributed by atoms with E-state index in [-0.39, 0.29) is 0 Å². The molecule has 4 rings (SSSR count). The smallest absolute Gasteiger partial charge is 0.225 e. The minimum Gasteiger partial charge on any atom is -0.378 e. The number of nitrogens with one attached hydrogen (secondary N) is 1. The Hall–Kier alpha value is -1.98. The van der Waals surface area contributed by atoms with Gasteiger partial charge in [-0.15, -0.1) is 0 Å². The molecule has 132 valence electrons. The van der Waals surface area contributed by atoms with Gasteiger partial charge >= 0.3 is 0 Å². The summed E-state index contributed by atoms with van der Waals surface area (Å²) >= 11 is 0. The van der Waals surface area contributed by atoms with E-state index in [1.165, 1.54) is 36.8 Å². The Balaban J connectivity index is 1.39. The van der Waals surface area contributed by atoms with Gasteiger partial charge in [-0.2, -0.15) is 0 Å². The van der Waals surface area contributed by atoms with Gasteiger partial charge in [-0.05, 0) is 30.4 Å². The summed E-state index contributed by atoms with van der Waals surface area (Å²) in [7, 11) is 0. The highest BCUT2D eigenvalue weighted by Crippen LogP contribution is 2.28. The second-order valence-electron chi connectivity index (χ2n) is 6.87. The molecule has 0 amide bonds. The molecule has 0 unspecified atom stereocenters. The van der Waals surface area contributed by atoms with Crippen LogP contribution < -0.4 is 10.2 Å². The molecule has 2 heterocycles. The topological polar surface area (TPSA) is 50.3 Å². The maximum Gasteiger partial charge on any atom is 0.225 e. The summed E-state index contributed by atoms with van der Waals surface area (Å²) in [6.07, 6.45) is 8.86. The molecule has 25 heavy (non-hydrogen) atoms. The van der Waals surface area contributed by atoms with E-state index in [0.717, 1.165) is 44.4 Å². The van der Waals surface area contributed by atoms with Crippen LogP contribution in [0.2, 0.25) is 0 Å². The summed E-state index contributed by atoms with van der Waals surface area (Å²) in [4.78, 5) is 11.3. The summed E-state index contributed by atoms with van der Waals surface area (Å²) in [5, 5.41) is 3.72. The van der Waals surface area contributed by atoms with Crippen LogP contribution in [-0.2, 0) is 17.7 Å². The van der Waals surface area contributed by atoms with Crippen molar-refractivity contribution in [3.63, 3.8) is 0 Å². The lowest BCUT2D eigenvalue weighted by Gasteiger charge is -2.26. The summed E-state index contributed by atoms with van der Waals surface area (Å²) in [6, 6.07) is 9.28. The van der Waals surface area contributed by atoms with E-state index >= 15 is 0 Å². The second kappa shape index (κ2) is 7.93. The minimum absolute atomic E-state index is 0.428. The molecule has 1 aliphatic heterocycles. The molecule has 0 bridgehead atoms. The molecule has 5 nitrogen and oxygen atoms in total. The van der Waals surface area contributed by atoms with Gasteiger partial charge < -0.3 is 15.0 Å². The van der Waals surface area contributed by atoms with Gasteiger partial charge in [0.2, 0.25) is 5.95 Å². The third-order valence-electron chi connectivity index (χ3n) is 5.16. The predicted octanol–water partition coefficient (Wildman–Crippen LogP) is 2.87. The van der Waals surface area contributed by atoms with Crippen LogP contribution in [0.3, 0.4) is 0 Å². The first-order chi connectivity index (χ1) is 12.4. The van der Waals surface area contributed by atoms with E-state index in [0.29, 0.717) is 6.04 Å². The largest absolute Gasteiger partial charge is 0.378 e. The Labute approximate surface area is 149 Å². The zero-order valence-corrected chi connectivity index (χ0v) is 14.7. The molecule has 5 heteroatoms. The number of rotatable bonds is 4. The van der Waals surface area contributed by atoms with Crippen molar-refractivity contribution >= 4 is 5.95 Å². The normalized spacial score (nSPS) is 20.8. The lowest BCUT2D eigenvalue weighted by molar-refractivity contribution is 0.122. The van der Waals surface area contributed by atoms with Gasteiger partial charge in [0.1, 0.15) is 0 Å². The van der Waals surface area contributed by atoms with Crippen molar-refractivity contribution in [3.8, 4) is 0 Å². The van der Waals surface area contributed by atoms with Crippen molar-refractivity contribution in [1.29, 1.82) is 0 Å². The molecule has 1 N–H and O–H groups in total. The highest BCUT2D eigenvalue weighted by atomic mass is 16.5. The molecule has 2 aliphatic rings. The third-order valence-corrected chi connectivity index (χ3v) is 5.16. The molecule has 0 saturated carbocycles. The van der Waals surface area contributed by atoms with Crippen LogP contribution in [0.4, 0.5) is 5.95 Å². The van der Waals surface area contributed by atoms with Gasteiger partial charge in [-0.3, -0.25) is 0 Å². The molecule has 1 fully saturated rings. The Kier molecular flexibility index (Phi) is 5.23. The van der Waals surface area contributed by atoms with E-state index < -0.39 is 0 Å². The van der Waals surface area contributed by atoms with Crippen LogP contribution in [-0.4, -0.2) is 36.3 Å². The fraction of sp³-hybridized carbons (Fsp3) is 0.500. The second-order valence-corrected chi connectivity index (χ2v) is 6.87. The third kappa shape index (κ3) is 3.99. The van der Waals surface area contributed by atoms with Crippen molar-refractivity contribution in [3.05, 3.63) is 53.3 Å². The zero-order valence-electron chi connectivity index (χ0n) is 14.7. The SMILES string of the molecule is c1ccc2c(c1)CCCC[C@@H]2NCc1cnc(N2CCOCC2)nc1. The number of nitrogens with zero attached hydrogens (tertiary/aromatic N) is 3. The molecule has 1 aromatic carbocycles. The lowest BCUT2D eigenvalue weighted by Crippen LogP contribution is -2.37. The first-order valence-electron chi connectivity index (χ1n) is 9.35. The first-order valence-corrected chi connectivity index (χ1v) is 9.35. The number of ether oxygens (including phenoxy) is 1. The lowest BCUT2D eigenvalue weighted by atomic mass is 9.99. The Morgan fingerprint density at radius 1 is 1.08 bits per heavy atom. The average molecular weight is 338 g/mol. The van der Waals surface area contributed by atoms with Crippen molar-refractivity contribution in [2.45, 2.75) is 38.3 Å². The molecule has 1 aromatic heterocycles. The molecule has 1 atom stereocenters. The van der Waals surface area contributed by atoms with Crippen LogP contribution in [0.15, 0.2) is 36.7 Å². The van der Waals surface area contributed by atoms with Gasteiger partial charge in [0.25, 0.3) is 0 Å². The van der Waals surface area contributed by atoms with Crippen LogP contribution in [0, 0.1) is 0 Å². The molecule has 2 aromatic rings. The summed E-state index contributed by atoms with van der Waals surface area (Å²) in [5.74, 6) is 0.812. The number of fused-ring (bicyclic) bond motifs is 1. The van der Waals surface area contributed by atoms with Gasteiger partial charge in [-0.25, -0.2) is 9.97 Å². The highest BCUT2D eigenvalue weighted by molar-refractivity contribution is 5.32. The van der Waals surface area contributed by atoms with E-state index in [1.807, 2.05) is 12.4 Å². The standard InChI is InChI=1S/C20H26N4O/c1-3-7-18-17(5-1)6-2-4-8-19(18)21-13-16-14-22-20(23-15-16)24-9-11-25-12-10-24/h1,3,5,7,14-15,19,21H,2,4,6,8-13H2/t19-/m0/s1. The summed E-state index contributed by atoms with van der Waals surface area (Å²) in [5.41, 5.74) is 4.10.